The minimum Gasteiger partial charge on any atom is -0.508 e. The smallest absolute Gasteiger partial charge is 0.335 e. The normalized spacial score (nSPS) is 14.6. The summed E-state index contributed by atoms with van der Waals surface area (Å²) in [7, 11) is 0. The predicted molar refractivity (Wildman–Crippen MR) is 54.4 cm³/mol. The predicted octanol–water partition coefficient (Wildman–Crippen LogP) is 0.634. The summed E-state index contributed by atoms with van der Waals surface area (Å²) in [6.45, 7) is 0. The van der Waals surface area contributed by atoms with Crippen molar-refractivity contribution < 1.29 is 25.2 Å². The Bertz CT molecular complexity index is 359. The molecule has 6 heteroatoms. The van der Waals surface area contributed by atoms with Crippen LogP contribution in [-0.4, -0.2) is 32.5 Å². The van der Waals surface area contributed by atoms with E-state index >= 15 is 0 Å². The Morgan fingerprint density at radius 2 is 1.93 bits per heavy atom. The van der Waals surface area contributed by atoms with Gasteiger partial charge in [-0.2, -0.15) is 0 Å². The Labute approximate surface area is 93.7 Å². The van der Waals surface area contributed by atoms with Crippen LogP contribution in [0.15, 0.2) is 22.7 Å². The number of benzene rings is 1. The number of carboxylic acid groups (broad SMARTS) is 1. The zero-order valence-corrected chi connectivity index (χ0v) is 9.05. The van der Waals surface area contributed by atoms with E-state index in [1.807, 2.05) is 0 Å². The molecule has 0 bridgehead atoms. The first-order valence-electron chi connectivity index (χ1n) is 4.01. The van der Waals surface area contributed by atoms with Crippen molar-refractivity contribution in [3.63, 3.8) is 0 Å². The summed E-state index contributed by atoms with van der Waals surface area (Å²) in [5.41, 5.74) is -0.0487. The lowest BCUT2D eigenvalue weighted by atomic mass is 10.0. The molecule has 0 amide bonds. The molecule has 0 saturated heterocycles. The van der Waals surface area contributed by atoms with Crippen molar-refractivity contribution in [2.45, 2.75) is 12.2 Å². The summed E-state index contributed by atoms with van der Waals surface area (Å²) in [5.74, 6) is -1.84. The average molecular weight is 277 g/mol. The Balaban J connectivity index is 3.10. The number of hydrogen-bond acceptors (Lipinski definition) is 4. The first kappa shape index (κ1) is 12.0. The lowest BCUT2D eigenvalue weighted by molar-refractivity contribution is -0.153. The number of phenolic OH excluding ortho intramolecular Hbond substituents is 1. The lowest BCUT2D eigenvalue weighted by Gasteiger charge is -2.16. The van der Waals surface area contributed by atoms with Gasteiger partial charge in [-0.15, -0.1) is 0 Å². The highest BCUT2D eigenvalue weighted by atomic mass is 79.9. The van der Waals surface area contributed by atoms with E-state index in [0.29, 0.717) is 4.47 Å². The molecule has 0 aliphatic rings. The summed E-state index contributed by atoms with van der Waals surface area (Å²) in [6.07, 6.45) is -3.66. The number of carbonyl (C=O) groups is 1. The SMILES string of the molecule is O=C(O)C(O)C(O)c1c(O)cccc1Br. The summed E-state index contributed by atoms with van der Waals surface area (Å²) in [6, 6.07) is 4.33. The summed E-state index contributed by atoms with van der Waals surface area (Å²) >= 11 is 3.04. The van der Waals surface area contributed by atoms with Crippen LogP contribution < -0.4 is 0 Å². The number of carboxylic acids is 1. The number of rotatable bonds is 3. The fraction of sp³-hybridized carbons (Fsp3) is 0.222. The van der Waals surface area contributed by atoms with Crippen molar-refractivity contribution in [1.82, 2.24) is 0 Å². The van der Waals surface area contributed by atoms with Crippen LogP contribution in [0.4, 0.5) is 0 Å². The monoisotopic (exact) mass is 276 g/mol. The fourth-order valence-electron chi connectivity index (χ4n) is 1.11. The molecule has 0 heterocycles. The van der Waals surface area contributed by atoms with Gasteiger partial charge in [0.25, 0.3) is 0 Å². The van der Waals surface area contributed by atoms with Gasteiger partial charge in [-0.3, -0.25) is 0 Å². The van der Waals surface area contributed by atoms with Gasteiger partial charge in [-0.1, -0.05) is 22.0 Å². The molecule has 5 nitrogen and oxygen atoms in total. The molecule has 0 spiro atoms. The fourth-order valence-corrected chi connectivity index (χ4v) is 1.70. The van der Waals surface area contributed by atoms with E-state index in [9.17, 15) is 15.0 Å². The van der Waals surface area contributed by atoms with E-state index < -0.39 is 18.2 Å². The first-order chi connectivity index (χ1) is 6.95. The minimum absolute atomic E-state index is 0.0487. The van der Waals surface area contributed by atoms with Crippen LogP contribution in [0, 0.1) is 0 Å². The number of phenols is 1. The summed E-state index contributed by atoms with van der Waals surface area (Å²) in [5, 5.41) is 36.5. The molecular weight excluding hydrogens is 268 g/mol. The Kier molecular flexibility index (Phi) is 3.67. The second-order valence-electron chi connectivity index (χ2n) is 2.90. The largest absolute Gasteiger partial charge is 0.508 e. The number of aliphatic hydroxyl groups is 2. The molecule has 0 radical (unpaired) electrons. The number of aromatic hydroxyl groups is 1. The molecule has 15 heavy (non-hydrogen) atoms. The van der Waals surface area contributed by atoms with Crippen LogP contribution in [0.3, 0.4) is 0 Å². The number of hydrogen-bond donors (Lipinski definition) is 4. The molecule has 4 N–H and O–H groups in total. The van der Waals surface area contributed by atoms with Crippen molar-refractivity contribution in [1.29, 1.82) is 0 Å². The molecule has 1 aromatic carbocycles. The average Bonchev–Trinajstić information content (AvgIpc) is 2.15. The molecule has 2 atom stereocenters. The highest BCUT2D eigenvalue weighted by Crippen LogP contribution is 2.33. The summed E-state index contributed by atoms with van der Waals surface area (Å²) in [4.78, 5) is 10.4. The van der Waals surface area contributed by atoms with Gasteiger partial charge in [0.15, 0.2) is 6.10 Å². The van der Waals surface area contributed by atoms with Gasteiger partial charge in [0.05, 0.1) is 0 Å². The van der Waals surface area contributed by atoms with Crippen molar-refractivity contribution in [2.24, 2.45) is 0 Å². The first-order valence-corrected chi connectivity index (χ1v) is 4.80. The number of halogens is 1. The second kappa shape index (κ2) is 4.61. The molecule has 0 aliphatic heterocycles. The standard InChI is InChI=1S/C9H9BrO5/c10-4-2-1-3-5(11)6(4)7(12)8(13)9(14)15/h1-3,7-8,11-13H,(H,14,15). The molecule has 0 fully saturated rings. The molecule has 82 valence electrons. The molecule has 0 aromatic heterocycles. The van der Waals surface area contributed by atoms with Gasteiger partial charge >= 0.3 is 5.97 Å². The Morgan fingerprint density at radius 1 is 1.33 bits per heavy atom. The van der Waals surface area contributed by atoms with Crippen molar-refractivity contribution in [3.8, 4) is 5.75 Å². The summed E-state index contributed by atoms with van der Waals surface area (Å²) < 4.78 is 0.329. The topological polar surface area (TPSA) is 98.0 Å². The van der Waals surface area contributed by atoms with Crippen LogP contribution >= 0.6 is 15.9 Å². The van der Waals surface area contributed by atoms with Gasteiger partial charge in [-0.25, -0.2) is 4.79 Å². The van der Waals surface area contributed by atoms with Crippen molar-refractivity contribution >= 4 is 21.9 Å². The van der Waals surface area contributed by atoms with E-state index in [2.05, 4.69) is 15.9 Å². The maximum Gasteiger partial charge on any atom is 0.335 e. The van der Waals surface area contributed by atoms with Crippen molar-refractivity contribution in [3.05, 3.63) is 28.2 Å². The van der Waals surface area contributed by atoms with E-state index in [0.717, 1.165) is 0 Å². The second-order valence-corrected chi connectivity index (χ2v) is 3.75. The zero-order valence-electron chi connectivity index (χ0n) is 7.46. The maximum absolute atomic E-state index is 10.4. The van der Waals surface area contributed by atoms with Crippen LogP contribution in [0.5, 0.6) is 5.75 Å². The zero-order chi connectivity index (χ0) is 11.6. The molecular formula is C9H9BrO5. The van der Waals surface area contributed by atoms with E-state index in [4.69, 9.17) is 10.2 Å². The van der Waals surface area contributed by atoms with Crippen molar-refractivity contribution in [2.75, 3.05) is 0 Å². The molecule has 1 aromatic rings. The number of aliphatic hydroxyl groups excluding tert-OH is 2. The van der Waals surface area contributed by atoms with E-state index in [1.54, 1.807) is 0 Å². The van der Waals surface area contributed by atoms with Gasteiger partial charge < -0.3 is 20.4 Å². The maximum atomic E-state index is 10.4. The van der Waals surface area contributed by atoms with Crippen LogP contribution in [0.25, 0.3) is 0 Å². The molecule has 2 unspecified atom stereocenters. The van der Waals surface area contributed by atoms with Crippen LogP contribution in [0.2, 0.25) is 0 Å². The highest BCUT2D eigenvalue weighted by Gasteiger charge is 2.28. The molecule has 0 saturated carbocycles. The highest BCUT2D eigenvalue weighted by molar-refractivity contribution is 9.10. The quantitative estimate of drug-likeness (QED) is 0.649. The third-order valence-electron chi connectivity index (χ3n) is 1.88. The van der Waals surface area contributed by atoms with Gasteiger partial charge in [0.2, 0.25) is 0 Å². The third kappa shape index (κ3) is 2.47. The van der Waals surface area contributed by atoms with E-state index in [1.165, 1.54) is 18.2 Å². The van der Waals surface area contributed by atoms with Crippen LogP contribution in [0.1, 0.15) is 11.7 Å². The third-order valence-corrected chi connectivity index (χ3v) is 2.57. The minimum atomic E-state index is -1.98. The Hall–Kier alpha value is -1.11. The molecule has 1 rings (SSSR count). The van der Waals surface area contributed by atoms with E-state index in [-0.39, 0.29) is 11.3 Å². The molecule has 0 aliphatic carbocycles. The van der Waals surface area contributed by atoms with Gasteiger partial charge in [0, 0.05) is 10.0 Å². The number of aliphatic carboxylic acids is 1. The van der Waals surface area contributed by atoms with Gasteiger partial charge in [0.1, 0.15) is 11.9 Å². The van der Waals surface area contributed by atoms with Crippen LogP contribution in [-0.2, 0) is 4.79 Å². The van der Waals surface area contributed by atoms with Gasteiger partial charge in [-0.05, 0) is 12.1 Å². The lowest BCUT2D eigenvalue weighted by Crippen LogP contribution is -2.27. The Morgan fingerprint density at radius 3 is 2.40 bits per heavy atom.